The van der Waals surface area contributed by atoms with Crippen LogP contribution in [-0.4, -0.2) is 71.3 Å². The van der Waals surface area contributed by atoms with Crippen LogP contribution in [-0.2, 0) is 19.2 Å². The van der Waals surface area contributed by atoms with Gasteiger partial charge in [-0.05, 0) is 43.2 Å². The second-order valence-electron chi connectivity index (χ2n) is 9.28. The fourth-order valence-corrected chi connectivity index (χ4v) is 4.97. The fraction of sp³-hybridized carbons (Fsp3) is 0.542. The summed E-state index contributed by atoms with van der Waals surface area (Å²) in [6.07, 6.45) is 1.78. The first kappa shape index (κ1) is 26.1. The number of fused-ring (bicyclic) bond motifs is 2. The number of benzene rings is 1. The van der Waals surface area contributed by atoms with Crippen molar-refractivity contribution in [3.63, 3.8) is 0 Å². The minimum absolute atomic E-state index is 0.107. The lowest BCUT2D eigenvalue weighted by Gasteiger charge is -2.38. The number of carboxylic acids is 1. The Labute approximate surface area is 202 Å². The first-order valence-electron chi connectivity index (χ1n) is 11.5. The number of hydrogen-bond donors (Lipinski definition) is 3. The lowest BCUT2D eigenvalue weighted by Crippen LogP contribution is -2.60. The Morgan fingerprint density at radius 2 is 1.94 bits per heavy atom. The Morgan fingerprint density at radius 1 is 1.23 bits per heavy atom. The van der Waals surface area contributed by atoms with Crippen molar-refractivity contribution in [3.8, 4) is 5.75 Å². The molecule has 35 heavy (non-hydrogen) atoms. The lowest BCUT2D eigenvalue weighted by atomic mass is 9.95. The first-order chi connectivity index (χ1) is 16.6. The number of methoxy groups -OCH3 is 1. The lowest BCUT2D eigenvalue weighted by molar-refractivity contribution is -0.146. The molecule has 11 heteroatoms. The highest BCUT2D eigenvalue weighted by atomic mass is 19.1. The average Bonchev–Trinajstić information content (AvgIpc) is 3.43. The number of carbonyl (C=O) groups is 5. The van der Waals surface area contributed by atoms with Crippen molar-refractivity contribution in [2.75, 3.05) is 7.11 Å². The molecule has 3 N–H and O–H groups in total. The van der Waals surface area contributed by atoms with Crippen molar-refractivity contribution >= 4 is 30.0 Å². The summed E-state index contributed by atoms with van der Waals surface area (Å²) in [5, 5.41) is 14.0. The summed E-state index contributed by atoms with van der Waals surface area (Å²) in [5.74, 6) is -4.58. The maximum absolute atomic E-state index is 14.6. The number of aliphatic carboxylic acids is 1. The Hall–Kier alpha value is -3.50. The van der Waals surface area contributed by atoms with Crippen LogP contribution in [0.3, 0.4) is 0 Å². The molecule has 1 aliphatic heterocycles. The highest BCUT2D eigenvalue weighted by Crippen LogP contribution is 2.43. The van der Waals surface area contributed by atoms with Gasteiger partial charge in [0.05, 0.1) is 25.1 Å². The van der Waals surface area contributed by atoms with E-state index in [1.807, 2.05) is 0 Å². The summed E-state index contributed by atoms with van der Waals surface area (Å²) in [6, 6.07) is 0.761. The number of amides is 3. The van der Waals surface area contributed by atoms with E-state index in [4.69, 9.17) is 9.84 Å². The molecule has 1 aliphatic carbocycles. The molecule has 5 atom stereocenters. The second kappa shape index (κ2) is 10.8. The fourth-order valence-electron chi connectivity index (χ4n) is 4.97. The number of carbonyl (C=O) groups excluding carboxylic acids is 4. The van der Waals surface area contributed by atoms with E-state index in [0.29, 0.717) is 25.5 Å². The van der Waals surface area contributed by atoms with Crippen molar-refractivity contribution in [1.29, 1.82) is 0 Å². The van der Waals surface area contributed by atoms with Crippen LogP contribution < -0.4 is 15.4 Å². The van der Waals surface area contributed by atoms with E-state index in [1.165, 1.54) is 30.2 Å². The molecular weight excluding hydrogens is 461 g/mol. The number of aldehydes is 1. The molecule has 3 rings (SSSR count). The number of likely N-dealkylation sites (tertiary alicyclic amines) is 1. The zero-order valence-corrected chi connectivity index (χ0v) is 19.8. The quantitative estimate of drug-likeness (QED) is 0.417. The number of halogens is 1. The van der Waals surface area contributed by atoms with Crippen LogP contribution in [0.5, 0.6) is 5.75 Å². The van der Waals surface area contributed by atoms with Crippen molar-refractivity contribution in [2.45, 2.75) is 63.7 Å². The standard InChI is InChI=1S/C24H30FN3O7/c1-12(2)20(27-22(32)16-5-4-6-17(35-3)19(16)25)24(34)28-15-8-7-13(9-15)21(28)23(33)26-14(11-29)10-18(30)31/h4-6,11-15,20-21H,7-10H2,1-3H3,(H,26,33)(H,27,32)(H,30,31)/t13-,14?,15-,20-,21-/m0/s1. The summed E-state index contributed by atoms with van der Waals surface area (Å²) in [5.41, 5.74) is -0.275. The van der Waals surface area contributed by atoms with Crippen LogP contribution in [0.15, 0.2) is 18.2 Å². The molecule has 1 unspecified atom stereocenters. The number of nitrogens with zero attached hydrogens (tertiary/aromatic N) is 1. The van der Waals surface area contributed by atoms with E-state index in [-0.39, 0.29) is 29.2 Å². The smallest absolute Gasteiger partial charge is 0.305 e. The molecule has 1 heterocycles. The van der Waals surface area contributed by atoms with Gasteiger partial charge in [-0.25, -0.2) is 4.39 Å². The Kier molecular flexibility index (Phi) is 8.08. The molecule has 1 saturated carbocycles. The third-order valence-corrected chi connectivity index (χ3v) is 6.64. The summed E-state index contributed by atoms with van der Waals surface area (Å²) >= 11 is 0. The maximum Gasteiger partial charge on any atom is 0.305 e. The normalized spacial score (nSPS) is 22.4. The van der Waals surface area contributed by atoms with Gasteiger partial charge < -0.3 is 30.2 Å². The van der Waals surface area contributed by atoms with Gasteiger partial charge in [-0.15, -0.1) is 0 Å². The van der Waals surface area contributed by atoms with Gasteiger partial charge in [-0.2, -0.15) is 0 Å². The molecule has 1 aromatic carbocycles. The Balaban J connectivity index is 1.82. The molecule has 1 aromatic rings. The zero-order chi connectivity index (χ0) is 25.9. The van der Waals surface area contributed by atoms with E-state index < -0.39 is 54.1 Å². The van der Waals surface area contributed by atoms with E-state index in [0.717, 1.165) is 0 Å². The van der Waals surface area contributed by atoms with Gasteiger partial charge in [0.25, 0.3) is 5.91 Å². The minimum Gasteiger partial charge on any atom is -0.494 e. The molecule has 0 aromatic heterocycles. The second-order valence-corrected chi connectivity index (χ2v) is 9.28. The summed E-state index contributed by atoms with van der Waals surface area (Å²) < 4.78 is 19.5. The topological polar surface area (TPSA) is 142 Å². The SMILES string of the molecule is COc1cccc(C(=O)N[C@H](C(=O)N2[C@H]3CC[C@@H](C3)[C@H]2C(=O)NC(C=O)CC(=O)O)C(C)C)c1F. The average molecular weight is 492 g/mol. The molecule has 0 spiro atoms. The van der Waals surface area contributed by atoms with Gasteiger partial charge in [-0.3, -0.25) is 19.2 Å². The third kappa shape index (κ3) is 5.44. The zero-order valence-electron chi connectivity index (χ0n) is 19.8. The van der Waals surface area contributed by atoms with Gasteiger partial charge in [0.15, 0.2) is 11.6 Å². The van der Waals surface area contributed by atoms with Crippen LogP contribution in [0.1, 0.15) is 49.9 Å². The van der Waals surface area contributed by atoms with Crippen molar-refractivity contribution in [1.82, 2.24) is 15.5 Å². The number of rotatable bonds is 10. The first-order valence-corrected chi connectivity index (χ1v) is 11.5. The Morgan fingerprint density at radius 3 is 2.54 bits per heavy atom. The molecule has 10 nitrogen and oxygen atoms in total. The molecule has 3 amide bonds. The molecule has 0 radical (unpaired) electrons. The molecule has 2 bridgehead atoms. The van der Waals surface area contributed by atoms with E-state index in [2.05, 4.69) is 10.6 Å². The minimum atomic E-state index is -1.24. The predicted molar refractivity (Wildman–Crippen MR) is 121 cm³/mol. The number of ether oxygens (including phenoxy) is 1. The highest BCUT2D eigenvalue weighted by Gasteiger charge is 2.53. The monoisotopic (exact) mass is 491 g/mol. The molecule has 2 fully saturated rings. The summed E-state index contributed by atoms with van der Waals surface area (Å²) in [7, 11) is 1.28. The summed E-state index contributed by atoms with van der Waals surface area (Å²) in [4.78, 5) is 63.2. The number of piperidine rings is 1. The van der Waals surface area contributed by atoms with Crippen molar-refractivity contribution in [3.05, 3.63) is 29.6 Å². The van der Waals surface area contributed by atoms with E-state index in [1.54, 1.807) is 13.8 Å². The predicted octanol–water partition coefficient (Wildman–Crippen LogP) is 1.13. The van der Waals surface area contributed by atoms with Gasteiger partial charge in [0.1, 0.15) is 18.4 Å². The van der Waals surface area contributed by atoms with Gasteiger partial charge in [0.2, 0.25) is 11.8 Å². The van der Waals surface area contributed by atoms with Crippen LogP contribution in [0, 0.1) is 17.7 Å². The summed E-state index contributed by atoms with van der Waals surface area (Å²) in [6.45, 7) is 3.45. The number of nitrogens with one attached hydrogen (secondary N) is 2. The number of hydrogen-bond acceptors (Lipinski definition) is 6. The molecule has 2 aliphatic rings. The van der Waals surface area contributed by atoms with Crippen molar-refractivity contribution in [2.24, 2.45) is 11.8 Å². The molecular formula is C24H30FN3O7. The number of carboxylic acid groups (broad SMARTS) is 1. The van der Waals surface area contributed by atoms with Crippen molar-refractivity contribution < 1.29 is 38.2 Å². The molecule has 190 valence electrons. The third-order valence-electron chi connectivity index (χ3n) is 6.64. The maximum atomic E-state index is 14.6. The van der Waals surface area contributed by atoms with Crippen LogP contribution in [0.25, 0.3) is 0 Å². The van der Waals surface area contributed by atoms with Crippen LogP contribution in [0.2, 0.25) is 0 Å². The van der Waals surface area contributed by atoms with E-state index >= 15 is 0 Å². The largest absolute Gasteiger partial charge is 0.494 e. The van der Waals surface area contributed by atoms with Gasteiger partial charge in [0, 0.05) is 6.04 Å². The van der Waals surface area contributed by atoms with Crippen LogP contribution >= 0.6 is 0 Å². The molecule has 1 saturated heterocycles. The highest BCUT2D eigenvalue weighted by molar-refractivity contribution is 5.99. The Bertz CT molecular complexity index is 1010. The van der Waals surface area contributed by atoms with Gasteiger partial charge >= 0.3 is 5.97 Å². The van der Waals surface area contributed by atoms with E-state index in [9.17, 15) is 28.4 Å². The van der Waals surface area contributed by atoms with Crippen LogP contribution in [0.4, 0.5) is 4.39 Å². The van der Waals surface area contributed by atoms with Gasteiger partial charge in [-0.1, -0.05) is 19.9 Å².